The number of pyridine rings is 1. The van der Waals surface area contributed by atoms with E-state index in [0.29, 0.717) is 5.92 Å². The van der Waals surface area contributed by atoms with Crippen LogP contribution in [0.5, 0.6) is 0 Å². The number of allylic oxidation sites excluding steroid dienone is 2. The summed E-state index contributed by atoms with van der Waals surface area (Å²) in [7, 11) is 0. The number of benzene rings is 6. The van der Waals surface area contributed by atoms with E-state index in [1.807, 2.05) is 12.3 Å². The molecule has 4 heteroatoms. The summed E-state index contributed by atoms with van der Waals surface area (Å²) in [6.07, 6.45) is 9.43. The van der Waals surface area contributed by atoms with Crippen LogP contribution in [0.15, 0.2) is 167 Å². The predicted molar refractivity (Wildman–Crippen MR) is 210 cm³/mol. The number of para-hydroxylation sites is 1. The van der Waals surface area contributed by atoms with Crippen molar-refractivity contribution in [2.45, 2.75) is 26.4 Å². The highest BCUT2D eigenvalue weighted by Crippen LogP contribution is 2.38. The van der Waals surface area contributed by atoms with Gasteiger partial charge in [-0.1, -0.05) is 128 Å². The molecule has 1 aliphatic carbocycles. The second-order valence-corrected chi connectivity index (χ2v) is 13.5. The van der Waals surface area contributed by atoms with Gasteiger partial charge in [0.25, 0.3) is 0 Å². The molecule has 7 aromatic rings. The molecule has 0 spiro atoms. The Labute approximate surface area is 292 Å². The largest absolute Gasteiger partial charge is 0.344 e. The SMILES string of the molecule is Cc1ccc(C2=NC(C3=CCC(C)C=C3)NC(c3cc(-c4cc5ccccc5c5ccccc45)cc(-c4cccc5cccnc45)c3)=N2)cc1. The molecule has 0 saturated carbocycles. The fraction of sp³-hybridized carbons (Fsp3) is 0.109. The van der Waals surface area contributed by atoms with Crippen LogP contribution in [-0.4, -0.2) is 22.8 Å². The zero-order valence-electron chi connectivity index (χ0n) is 28.1. The van der Waals surface area contributed by atoms with Gasteiger partial charge in [-0.05, 0) is 93.4 Å². The van der Waals surface area contributed by atoms with Crippen LogP contribution in [0.3, 0.4) is 0 Å². The smallest absolute Gasteiger partial charge is 0.159 e. The number of nitrogens with one attached hydrogen (secondary N) is 1. The molecule has 240 valence electrons. The van der Waals surface area contributed by atoms with Gasteiger partial charge in [0.15, 0.2) is 5.84 Å². The predicted octanol–water partition coefficient (Wildman–Crippen LogP) is 10.8. The van der Waals surface area contributed by atoms with Crippen molar-refractivity contribution in [3.63, 3.8) is 0 Å². The molecule has 1 aliphatic heterocycles. The summed E-state index contributed by atoms with van der Waals surface area (Å²) in [6, 6.07) is 45.6. The lowest BCUT2D eigenvalue weighted by Gasteiger charge is -2.26. The van der Waals surface area contributed by atoms with Crippen LogP contribution >= 0.6 is 0 Å². The van der Waals surface area contributed by atoms with Crippen LogP contribution in [-0.2, 0) is 0 Å². The Kier molecular flexibility index (Phi) is 7.43. The normalized spacial score (nSPS) is 17.4. The first-order valence-electron chi connectivity index (χ1n) is 17.4. The minimum Gasteiger partial charge on any atom is -0.344 e. The first kappa shape index (κ1) is 30.0. The van der Waals surface area contributed by atoms with Crippen molar-refractivity contribution in [1.29, 1.82) is 0 Å². The van der Waals surface area contributed by atoms with Gasteiger partial charge >= 0.3 is 0 Å². The number of aliphatic imine (C=N–C) groups is 2. The van der Waals surface area contributed by atoms with Crippen LogP contribution < -0.4 is 5.32 Å². The second-order valence-electron chi connectivity index (χ2n) is 13.5. The summed E-state index contributed by atoms with van der Waals surface area (Å²) in [4.78, 5) is 15.3. The molecule has 0 fully saturated rings. The van der Waals surface area contributed by atoms with Gasteiger partial charge in [0.1, 0.15) is 12.0 Å². The van der Waals surface area contributed by atoms with Crippen molar-refractivity contribution < 1.29 is 0 Å². The second kappa shape index (κ2) is 12.4. The van der Waals surface area contributed by atoms with Gasteiger partial charge in [0, 0.05) is 28.3 Å². The van der Waals surface area contributed by atoms with Crippen molar-refractivity contribution >= 4 is 44.1 Å². The number of amidine groups is 2. The Morgan fingerprint density at radius 2 is 1.36 bits per heavy atom. The quantitative estimate of drug-likeness (QED) is 0.190. The summed E-state index contributed by atoms with van der Waals surface area (Å²) in [5.74, 6) is 2.04. The first-order chi connectivity index (χ1) is 24.6. The van der Waals surface area contributed by atoms with E-state index in [4.69, 9.17) is 15.0 Å². The Morgan fingerprint density at radius 3 is 2.18 bits per heavy atom. The summed E-state index contributed by atoms with van der Waals surface area (Å²) >= 11 is 0. The summed E-state index contributed by atoms with van der Waals surface area (Å²) < 4.78 is 0. The minimum atomic E-state index is -0.254. The fourth-order valence-electron chi connectivity index (χ4n) is 7.25. The van der Waals surface area contributed by atoms with Gasteiger partial charge in [-0.2, -0.15) is 0 Å². The van der Waals surface area contributed by atoms with Gasteiger partial charge in [0.05, 0.1) is 5.52 Å². The van der Waals surface area contributed by atoms with Crippen molar-refractivity contribution in [2.24, 2.45) is 15.9 Å². The maximum atomic E-state index is 5.24. The minimum absolute atomic E-state index is 0.254. The van der Waals surface area contributed by atoms with E-state index >= 15 is 0 Å². The first-order valence-corrected chi connectivity index (χ1v) is 17.4. The van der Waals surface area contributed by atoms with Gasteiger partial charge in [-0.3, -0.25) is 4.98 Å². The average Bonchev–Trinajstić information content (AvgIpc) is 3.17. The van der Waals surface area contributed by atoms with E-state index in [1.165, 1.54) is 32.7 Å². The molecule has 6 aromatic carbocycles. The number of hydrogen-bond acceptors (Lipinski definition) is 4. The van der Waals surface area contributed by atoms with E-state index in [0.717, 1.165) is 62.4 Å². The third kappa shape index (κ3) is 5.49. The van der Waals surface area contributed by atoms with E-state index in [2.05, 4.69) is 159 Å². The zero-order chi connectivity index (χ0) is 33.6. The van der Waals surface area contributed by atoms with Crippen LogP contribution in [0.1, 0.15) is 30.0 Å². The van der Waals surface area contributed by atoms with Gasteiger partial charge in [0.2, 0.25) is 0 Å². The molecule has 1 N–H and O–H groups in total. The van der Waals surface area contributed by atoms with Crippen LogP contribution in [0, 0.1) is 12.8 Å². The molecule has 2 heterocycles. The highest BCUT2D eigenvalue weighted by molar-refractivity contribution is 6.16. The highest BCUT2D eigenvalue weighted by Gasteiger charge is 2.24. The Bertz CT molecular complexity index is 2570. The van der Waals surface area contributed by atoms with Crippen molar-refractivity contribution in [3.8, 4) is 22.3 Å². The van der Waals surface area contributed by atoms with Crippen LogP contribution in [0.4, 0.5) is 0 Å². The molecule has 0 radical (unpaired) electrons. The van der Waals surface area contributed by atoms with Gasteiger partial charge < -0.3 is 5.32 Å². The molecular weight excluding hydrogens is 609 g/mol. The van der Waals surface area contributed by atoms with E-state index in [-0.39, 0.29) is 6.17 Å². The standard InChI is InChI=1S/C46H36N4/c1-29-16-20-32(21-17-29)44-48-45(33-22-18-30(2)19-23-33)50-46(49-44)37-26-35(39-15-7-10-31-11-8-24-47-43(31)39)25-36(27-37)42-28-34-9-3-4-12-38(34)40-13-5-6-14-41(40)42/h3-18,20-28,30,45H,19H2,1-2H3,(H,48,49,50). The fourth-order valence-corrected chi connectivity index (χ4v) is 7.25. The van der Waals surface area contributed by atoms with E-state index in [1.54, 1.807) is 0 Å². The zero-order valence-corrected chi connectivity index (χ0v) is 28.1. The van der Waals surface area contributed by atoms with E-state index < -0.39 is 0 Å². The summed E-state index contributed by atoms with van der Waals surface area (Å²) in [6.45, 7) is 4.35. The molecule has 0 bridgehead atoms. The number of hydrogen-bond donors (Lipinski definition) is 1. The van der Waals surface area contributed by atoms with Crippen molar-refractivity contribution in [1.82, 2.24) is 10.3 Å². The molecule has 9 rings (SSSR count). The van der Waals surface area contributed by atoms with Crippen molar-refractivity contribution in [3.05, 3.63) is 174 Å². The Balaban J connectivity index is 1.28. The number of aryl methyl sites for hydroxylation is 1. The summed E-state index contributed by atoms with van der Waals surface area (Å²) in [5.41, 5.74) is 9.83. The lowest BCUT2D eigenvalue weighted by molar-refractivity contribution is 0.683. The maximum Gasteiger partial charge on any atom is 0.159 e. The third-order valence-corrected chi connectivity index (χ3v) is 9.94. The number of nitrogens with zero attached hydrogens (tertiary/aromatic N) is 3. The maximum absolute atomic E-state index is 5.24. The van der Waals surface area contributed by atoms with Gasteiger partial charge in [-0.15, -0.1) is 0 Å². The monoisotopic (exact) mass is 644 g/mol. The highest BCUT2D eigenvalue weighted by atomic mass is 15.2. The topological polar surface area (TPSA) is 49.6 Å². The molecule has 0 saturated heterocycles. The molecule has 2 unspecified atom stereocenters. The number of aromatic nitrogens is 1. The van der Waals surface area contributed by atoms with Crippen LogP contribution in [0.2, 0.25) is 0 Å². The third-order valence-electron chi connectivity index (χ3n) is 9.94. The molecular formula is C46H36N4. The van der Waals surface area contributed by atoms with Crippen LogP contribution in [0.25, 0.3) is 54.7 Å². The molecule has 1 aromatic heterocycles. The molecule has 2 aliphatic rings. The number of rotatable bonds is 5. The molecule has 4 nitrogen and oxygen atoms in total. The van der Waals surface area contributed by atoms with Gasteiger partial charge in [-0.25, -0.2) is 9.98 Å². The van der Waals surface area contributed by atoms with E-state index in [9.17, 15) is 0 Å². The lowest BCUT2D eigenvalue weighted by atomic mass is 9.90. The number of fused-ring (bicyclic) bond motifs is 4. The average molecular weight is 645 g/mol. The summed E-state index contributed by atoms with van der Waals surface area (Å²) in [5, 5.41) is 9.80. The molecule has 2 atom stereocenters. The Morgan fingerprint density at radius 1 is 0.640 bits per heavy atom. The van der Waals surface area contributed by atoms with Crippen molar-refractivity contribution in [2.75, 3.05) is 0 Å². The Hall–Kier alpha value is -6.13. The molecule has 50 heavy (non-hydrogen) atoms. The molecule has 0 amide bonds. The lowest BCUT2D eigenvalue weighted by Crippen LogP contribution is -2.40.